The highest BCUT2D eigenvalue weighted by Crippen LogP contribution is 2.31. The van der Waals surface area contributed by atoms with Gasteiger partial charge < -0.3 is 5.32 Å². The maximum Gasteiger partial charge on any atom is 0.339 e. The number of carbonyl (C=O) groups excluding carboxylic acids is 1. The average Bonchev–Trinajstić information content (AvgIpc) is 2.91. The zero-order valence-corrected chi connectivity index (χ0v) is 16.3. The maximum absolute atomic E-state index is 12.1. The zero-order chi connectivity index (χ0) is 18.8. The van der Waals surface area contributed by atoms with Crippen molar-refractivity contribution >= 4 is 39.0 Å². The zero-order valence-electron chi connectivity index (χ0n) is 15.5. The van der Waals surface area contributed by atoms with Crippen molar-refractivity contribution in [2.45, 2.75) is 34.6 Å². The fraction of sp³-hybridized carbons (Fsp3) is 0.263. The minimum absolute atomic E-state index is 0.371. The van der Waals surface area contributed by atoms with E-state index in [-0.39, 0.29) is 6.03 Å². The lowest BCUT2D eigenvalue weighted by atomic mass is 10.1. The first-order chi connectivity index (χ1) is 12.4. The number of rotatable bonds is 3. The molecule has 0 radical (unpaired) electrons. The molecule has 0 unspecified atom stereocenters. The number of urea groups is 1. The number of nitrogens with one attached hydrogen (secondary N) is 2. The molecule has 2 heterocycles. The first-order valence-corrected chi connectivity index (χ1v) is 9.10. The summed E-state index contributed by atoms with van der Waals surface area (Å²) in [5, 5.41) is 8.11. The molecule has 2 amide bonds. The molecule has 134 valence electrons. The van der Waals surface area contributed by atoms with Crippen LogP contribution in [0.25, 0.3) is 10.2 Å². The highest BCUT2D eigenvalue weighted by atomic mass is 32.1. The lowest BCUT2D eigenvalue weighted by Crippen LogP contribution is -2.25. The highest BCUT2D eigenvalue weighted by molar-refractivity contribution is 7.20. The largest absolute Gasteiger partial charge is 0.339 e. The van der Waals surface area contributed by atoms with Gasteiger partial charge in [-0.15, -0.1) is 11.3 Å². The van der Waals surface area contributed by atoms with Crippen molar-refractivity contribution in [2.75, 3.05) is 5.32 Å². The second-order valence-corrected chi connectivity index (χ2v) is 7.17. The summed E-state index contributed by atoms with van der Waals surface area (Å²) in [5.74, 6) is 0.758. The first-order valence-electron chi connectivity index (χ1n) is 8.28. The molecule has 0 fully saturated rings. The standard InChI is InChI=1S/C19H21N5OS/c1-10-8-6-7-9-15(10)22-19(25)24-23-13(4)17-11(2)16-12(3)20-14(5)21-18(16)26-17/h6-9H,1-5H3,(H2,22,24,25)/b23-13+. The summed E-state index contributed by atoms with van der Waals surface area (Å²) in [7, 11) is 0. The molecule has 0 spiro atoms. The SMILES string of the molecule is C/C(=N\NC(=O)Nc1ccccc1C)c1sc2nc(C)nc(C)c2c1C. The summed E-state index contributed by atoms with van der Waals surface area (Å²) >= 11 is 1.56. The van der Waals surface area contributed by atoms with Gasteiger partial charge in [-0.3, -0.25) is 0 Å². The number of fused-ring (bicyclic) bond motifs is 1. The van der Waals surface area contributed by atoms with E-state index < -0.39 is 0 Å². The smallest absolute Gasteiger partial charge is 0.306 e. The Morgan fingerprint density at radius 2 is 1.85 bits per heavy atom. The van der Waals surface area contributed by atoms with Crippen molar-refractivity contribution in [3.63, 3.8) is 0 Å². The quantitative estimate of drug-likeness (QED) is 0.529. The van der Waals surface area contributed by atoms with Crippen LogP contribution >= 0.6 is 11.3 Å². The maximum atomic E-state index is 12.1. The molecule has 3 rings (SSSR count). The Morgan fingerprint density at radius 3 is 2.58 bits per heavy atom. The van der Waals surface area contributed by atoms with Crippen LogP contribution in [-0.2, 0) is 0 Å². The van der Waals surface area contributed by atoms with Crippen molar-refractivity contribution in [2.24, 2.45) is 5.10 Å². The van der Waals surface area contributed by atoms with Crippen LogP contribution in [0.1, 0.15) is 34.4 Å². The van der Waals surface area contributed by atoms with Gasteiger partial charge in [0.05, 0.1) is 10.6 Å². The lowest BCUT2D eigenvalue weighted by molar-refractivity contribution is 0.252. The predicted molar refractivity (Wildman–Crippen MR) is 107 cm³/mol. The van der Waals surface area contributed by atoms with Gasteiger partial charge in [0.15, 0.2) is 0 Å². The molecule has 0 aliphatic carbocycles. The van der Waals surface area contributed by atoms with Crippen LogP contribution < -0.4 is 10.7 Å². The van der Waals surface area contributed by atoms with E-state index in [4.69, 9.17) is 0 Å². The van der Waals surface area contributed by atoms with E-state index in [1.165, 1.54) is 0 Å². The summed E-state index contributed by atoms with van der Waals surface area (Å²) in [6.07, 6.45) is 0. The number of thiophene rings is 1. The van der Waals surface area contributed by atoms with Gasteiger partial charge in [0.25, 0.3) is 0 Å². The highest BCUT2D eigenvalue weighted by Gasteiger charge is 2.15. The molecular formula is C19H21N5OS. The molecule has 0 aliphatic heterocycles. The molecule has 0 saturated heterocycles. The van der Waals surface area contributed by atoms with Crippen LogP contribution in [0.3, 0.4) is 0 Å². The van der Waals surface area contributed by atoms with Crippen LogP contribution in [0.4, 0.5) is 10.5 Å². The summed E-state index contributed by atoms with van der Waals surface area (Å²) in [5.41, 5.74) is 7.11. The molecule has 26 heavy (non-hydrogen) atoms. The van der Waals surface area contributed by atoms with Gasteiger partial charge in [0.1, 0.15) is 10.7 Å². The first kappa shape index (κ1) is 18.0. The fourth-order valence-corrected chi connectivity index (χ4v) is 4.09. The van der Waals surface area contributed by atoms with Crippen molar-refractivity contribution < 1.29 is 4.79 Å². The number of nitrogens with zero attached hydrogens (tertiary/aromatic N) is 3. The number of benzene rings is 1. The van der Waals surface area contributed by atoms with Crippen LogP contribution in [-0.4, -0.2) is 21.7 Å². The van der Waals surface area contributed by atoms with E-state index >= 15 is 0 Å². The Bertz CT molecular complexity index is 1020. The number of aryl methyl sites for hydroxylation is 4. The summed E-state index contributed by atoms with van der Waals surface area (Å²) in [4.78, 5) is 23.0. The molecule has 6 nitrogen and oxygen atoms in total. The molecule has 0 atom stereocenters. The Balaban J connectivity index is 1.81. The molecule has 2 N–H and O–H groups in total. The van der Waals surface area contributed by atoms with Crippen LogP contribution in [0.2, 0.25) is 0 Å². The number of hydrazone groups is 1. The van der Waals surface area contributed by atoms with Crippen molar-refractivity contribution in [3.8, 4) is 0 Å². The normalized spacial score (nSPS) is 11.7. The summed E-state index contributed by atoms with van der Waals surface area (Å²) < 4.78 is 0. The molecule has 7 heteroatoms. The Kier molecular flexibility index (Phi) is 4.99. The number of amides is 2. The number of aromatic nitrogens is 2. The predicted octanol–water partition coefficient (Wildman–Crippen LogP) is 4.47. The third-order valence-corrected chi connectivity index (χ3v) is 5.42. The Labute approximate surface area is 156 Å². The topological polar surface area (TPSA) is 79.3 Å². The van der Waals surface area contributed by atoms with Crippen molar-refractivity contribution in [3.05, 3.63) is 51.8 Å². The van der Waals surface area contributed by atoms with Crippen LogP contribution in [0.5, 0.6) is 0 Å². The Morgan fingerprint density at radius 1 is 1.12 bits per heavy atom. The van der Waals surface area contributed by atoms with E-state index in [0.717, 1.165) is 49.1 Å². The minimum Gasteiger partial charge on any atom is -0.306 e. The second kappa shape index (κ2) is 7.21. The third kappa shape index (κ3) is 3.57. The second-order valence-electron chi connectivity index (χ2n) is 6.17. The van der Waals surface area contributed by atoms with E-state index in [9.17, 15) is 4.79 Å². The van der Waals surface area contributed by atoms with Gasteiger partial charge in [-0.1, -0.05) is 18.2 Å². The van der Waals surface area contributed by atoms with Gasteiger partial charge in [0.2, 0.25) is 0 Å². The van der Waals surface area contributed by atoms with E-state index in [1.54, 1.807) is 11.3 Å². The monoisotopic (exact) mass is 367 g/mol. The molecular weight excluding hydrogens is 346 g/mol. The van der Waals surface area contributed by atoms with Gasteiger partial charge in [-0.05, 0) is 51.8 Å². The van der Waals surface area contributed by atoms with Crippen molar-refractivity contribution in [1.82, 2.24) is 15.4 Å². The van der Waals surface area contributed by atoms with Crippen LogP contribution in [0.15, 0.2) is 29.4 Å². The number of para-hydroxylation sites is 1. The molecule has 0 aliphatic rings. The number of hydrogen-bond donors (Lipinski definition) is 2. The van der Waals surface area contributed by atoms with Gasteiger partial charge in [-0.2, -0.15) is 5.10 Å². The minimum atomic E-state index is -0.371. The third-order valence-electron chi connectivity index (χ3n) is 4.13. The number of anilines is 1. The van der Waals surface area contributed by atoms with Gasteiger partial charge >= 0.3 is 6.03 Å². The molecule has 0 saturated carbocycles. The number of hydrogen-bond acceptors (Lipinski definition) is 5. The van der Waals surface area contributed by atoms with Crippen molar-refractivity contribution in [1.29, 1.82) is 0 Å². The fourth-order valence-electron chi connectivity index (χ4n) is 2.87. The lowest BCUT2D eigenvalue weighted by Gasteiger charge is -2.07. The van der Waals surface area contributed by atoms with Crippen LogP contribution in [0, 0.1) is 27.7 Å². The van der Waals surface area contributed by atoms with Gasteiger partial charge in [0, 0.05) is 16.8 Å². The number of carbonyl (C=O) groups is 1. The van der Waals surface area contributed by atoms with E-state index in [0.29, 0.717) is 0 Å². The van der Waals surface area contributed by atoms with E-state index in [2.05, 4.69) is 25.8 Å². The van der Waals surface area contributed by atoms with E-state index in [1.807, 2.05) is 58.9 Å². The molecule has 0 bridgehead atoms. The Hall–Kier alpha value is -2.80. The molecule has 2 aromatic heterocycles. The summed E-state index contributed by atoms with van der Waals surface area (Å²) in [6.45, 7) is 9.73. The average molecular weight is 367 g/mol. The summed E-state index contributed by atoms with van der Waals surface area (Å²) in [6, 6.07) is 7.23. The molecule has 1 aromatic carbocycles. The van der Waals surface area contributed by atoms with Gasteiger partial charge in [-0.25, -0.2) is 20.2 Å². The molecule has 3 aromatic rings.